The van der Waals surface area contributed by atoms with Gasteiger partial charge in [0.15, 0.2) is 5.65 Å². The number of rotatable bonds is 4. The third-order valence-electron chi connectivity index (χ3n) is 5.97. The molecule has 10 heteroatoms. The van der Waals surface area contributed by atoms with Gasteiger partial charge in [-0.05, 0) is 25.5 Å². The van der Waals surface area contributed by atoms with Crippen molar-refractivity contribution in [3.8, 4) is 17.5 Å². The number of benzene rings is 1. The van der Waals surface area contributed by atoms with Crippen LogP contribution >= 0.6 is 0 Å². The third-order valence-corrected chi connectivity index (χ3v) is 5.97. The first-order chi connectivity index (χ1) is 15.9. The summed E-state index contributed by atoms with van der Waals surface area (Å²) in [4.78, 5) is 39.1. The number of aromatic nitrogens is 5. The van der Waals surface area contributed by atoms with Gasteiger partial charge in [0.1, 0.15) is 22.9 Å². The number of carbonyl (C=O) groups excluding carboxylic acids is 2. The quantitative estimate of drug-likeness (QED) is 0.496. The first-order valence-electron chi connectivity index (χ1n) is 10.6. The van der Waals surface area contributed by atoms with Crippen molar-refractivity contribution in [1.82, 2.24) is 34.9 Å². The van der Waals surface area contributed by atoms with E-state index in [0.717, 1.165) is 16.5 Å². The lowest BCUT2D eigenvalue weighted by Gasteiger charge is -2.37. The minimum atomic E-state index is -0.721. The van der Waals surface area contributed by atoms with E-state index in [1.807, 2.05) is 26.1 Å². The van der Waals surface area contributed by atoms with Crippen molar-refractivity contribution in [2.75, 3.05) is 13.1 Å². The number of hydrogen-bond acceptors (Lipinski definition) is 6. The number of aromatic amines is 1. The molecule has 0 saturated carbocycles. The van der Waals surface area contributed by atoms with E-state index in [1.54, 1.807) is 22.7 Å². The van der Waals surface area contributed by atoms with Gasteiger partial charge < -0.3 is 15.2 Å². The van der Waals surface area contributed by atoms with Gasteiger partial charge in [0, 0.05) is 31.7 Å². The van der Waals surface area contributed by atoms with Crippen LogP contribution in [0.2, 0.25) is 0 Å². The van der Waals surface area contributed by atoms with Gasteiger partial charge in [-0.1, -0.05) is 12.1 Å². The molecule has 4 heterocycles. The van der Waals surface area contributed by atoms with Crippen LogP contribution < -0.4 is 5.32 Å². The molecule has 0 bridgehead atoms. The van der Waals surface area contributed by atoms with E-state index in [1.165, 1.54) is 6.20 Å². The fourth-order valence-electron chi connectivity index (χ4n) is 4.09. The number of nitriles is 1. The predicted octanol–water partition coefficient (Wildman–Crippen LogP) is 1.92. The van der Waals surface area contributed by atoms with Crippen LogP contribution in [0.25, 0.3) is 33.5 Å². The minimum Gasteiger partial charge on any atom is -0.344 e. The molecule has 0 unspecified atom stereocenters. The summed E-state index contributed by atoms with van der Waals surface area (Å²) in [7, 11) is 1.88. The molecule has 10 nitrogen and oxygen atoms in total. The molecule has 1 aliphatic heterocycles. The summed E-state index contributed by atoms with van der Waals surface area (Å²) < 4.78 is 1.80. The van der Waals surface area contributed by atoms with Crippen molar-refractivity contribution in [2.45, 2.75) is 19.9 Å². The average molecular weight is 442 g/mol. The van der Waals surface area contributed by atoms with Crippen LogP contribution in [0.4, 0.5) is 0 Å². The molecule has 0 aliphatic carbocycles. The van der Waals surface area contributed by atoms with Gasteiger partial charge in [0.05, 0.1) is 29.3 Å². The molecule has 3 aromatic heterocycles. The number of aryl methyl sites for hydroxylation is 2. The summed E-state index contributed by atoms with van der Waals surface area (Å²) in [6.07, 6.45) is 3.17. The molecule has 0 spiro atoms. The number of likely N-dealkylation sites (tertiary alicyclic amines) is 1. The maximum atomic E-state index is 12.9. The molecule has 2 amide bonds. The van der Waals surface area contributed by atoms with Crippen molar-refractivity contribution in [3.05, 3.63) is 41.7 Å². The molecular weight excluding hydrogens is 420 g/mol. The molecule has 33 heavy (non-hydrogen) atoms. The Bertz CT molecular complexity index is 1450. The van der Waals surface area contributed by atoms with Gasteiger partial charge in [0.2, 0.25) is 5.91 Å². The standard InChI is InChI=1S/C23H22N8O2/c1-12-4-5-15-18(6-12)30(3)29-19(15)17-9-26-21-20(28-17)16(8-25-21)22(32)27-13(2)23(33)31-10-14(7-24)11-31/h4-6,8-9,13-14H,10-11H2,1-3H3,(H,25,26)(H,27,32)/t13-/m1/s1. The highest BCUT2D eigenvalue weighted by molar-refractivity contribution is 6.06. The number of carbonyl (C=O) groups is 2. The van der Waals surface area contributed by atoms with Crippen LogP contribution in [0.1, 0.15) is 22.8 Å². The van der Waals surface area contributed by atoms with E-state index < -0.39 is 11.9 Å². The zero-order chi connectivity index (χ0) is 23.3. The molecule has 166 valence electrons. The normalized spacial score (nSPS) is 14.8. The molecule has 1 aromatic carbocycles. The SMILES string of the molecule is Cc1ccc2c(-c3cnc4[nH]cc(C(=O)N[C@H](C)C(=O)N5CC(C#N)C5)c4n3)nn(C)c2c1. The number of nitrogens with one attached hydrogen (secondary N) is 2. The Balaban J connectivity index is 1.43. The number of nitrogens with zero attached hydrogens (tertiary/aromatic N) is 6. The van der Waals surface area contributed by atoms with Gasteiger partial charge >= 0.3 is 0 Å². The second kappa shape index (κ2) is 7.70. The lowest BCUT2D eigenvalue weighted by Crippen LogP contribution is -2.55. The van der Waals surface area contributed by atoms with E-state index in [4.69, 9.17) is 5.26 Å². The Hall–Kier alpha value is -4.26. The minimum absolute atomic E-state index is 0.134. The number of H-pyrrole nitrogens is 1. The maximum absolute atomic E-state index is 12.9. The van der Waals surface area contributed by atoms with E-state index in [2.05, 4.69) is 37.5 Å². The van der Waals surface area contributed by atoms with E-state index in [0.29, 0.717) is 41.2 Å². The molecule has 4 aromatic rings. The zero-order valence-corrected chi connectivity index (χ0v) is 18.5. The first-order valence-corrected chi connectivity index (χ1v) is 10.6. The van der Waals surface area contributed by atoms with Crippen molar-refractivity contribution < 1.29 is 9.59 Å². The Kier molecular flexibility index (Phi) is 4.82. The fourth-order valence-corrected chi connectivity index (χ4v) is 4.09. The average Bonchev–Trinajstić information content (AvgIpc) is 3.33. The van der Waals surface area contributed by atoms with Crippen molar-refractivity contribution in [3.63, 3.8) is 0 Å². The molecule has 1 atom stereocenters. The van der Waals surface area contributed by atoms with E-state index >= 15 is 0 Å². The summed E-state index contributed by atoms with van der Waals surface area (Å²) in [5.41, 5.74) is 4.53. The smallest absolute Gasteiger partial charge is 0.255 e. The first kappa shape index (κ1) is 20.6. The predicted molar refractivity (Wildman–Crippen MR) is 121 cm³/mol. The Morgan fingerprint density at radius 3 is 2.88 bits per heavy atom. The summed E-state index contributed by atoms with van der Waals surface area (Å²) in [6.45, 7) is 4.45. The Morgan fingerprint density at radius 1 is 1.33 bits per heavy atom. The molecule has 0 radical (unpaired) electrons. The zero-order valence-electron chi connectivity index (χ0n) is 18.5. The second-order valence-corrected chi connectivity index (χ2v) is 8.41. The van der Waals surface area contributed by atoms with E-state index in [9.17, 15) is 9.59 Å². The lowest BCUT2D eigenvalue weighted by molar-refractivity contribution is -0.137. The van der Waals surface area contributed by atoms with Crippen molar-refractivity contribution in [1.29, 1.82) is 5.26 Å². The van der Waals surface area contributed by atoms with Gasteiger partial charge in [0.25, 0.3) is 5.91 Å². The largest absolute Gasteiger partial charge is 0.344 e. The highest BCUT2D eigenvalue weighted by Crippen LogP contribution is 2.28. The molecule has 5 rings (SSSR count). The topological polar surface area (TPSA) is 133 Å². The van der Waals surface area contributed by atoms with Crippen LogP contribution in [-0.2, 0) is 11.8 Å². The third kappa shape index (κ3) is 3.47. The lowest BCUT2D eigenvalue weighted by atomic mass is 10.0. The summed E-state index contributed by atoms with van der Waals surface area (Å²) in [6, 6.07) is 7.49. The van der Waals surface area contributed by atoms with Gasteiger partial charge in [-0.3, -0.25) is 14.3 Å². The molecule has 1 saturated heterocycles. The molecular formula is C23H22N8O2. The van der Waals surface area contributed by atoms with E-state index in [-0.39, 0.29) is 11.8 Å². The summed E-state index contributed by atoms with van der Waals surface area (Å²) >= 11 is 0. The van der Waals surface area contributed by atoms with Crippen molar-refractivity contribution in [2.24, 2.45) is 13.0 Å². The van der Waals surface area contributed by atoms with Gasteiger partial charge in [-0.15, -0.1) is 0 Å². The van der Waals surface area contributed by atoms with Crippen LogP contribution in [0.5, 0.6) is 0 Å². The Morgan fingerprint density at radius 2 is 2.12 bits per heavy atom. The second-order valence-electron chi connectivity index (χ2n) is 8.41. The highest BCUT2D eigenvalue weighted by Gasteiger charge is 2.33. The monoisotopic (exact) mass is 442 g/mol. The van der Waals surface area contributed by atoms with Gasteiger partial charge in [-0.25, -0.2) is 9.97 Å². The molecule has 1 aliphatic rings. The van der Waals surface area contributed by atoms with Crippen LogP contribution in [-0.4, -0.2) is 60.6 Å². The van der Waals surface area contributed by atoms with Crippen LogP contribution in [0.3, 0.4) is 0 Å². The number of amides is 2. The molecule has 1 fully saturated rings. The highest BCUT2D eigenvalue weighted by atomic mass is 16.2. The van der Waals surface area contributed by atoms with Crippen LogP contribution in [0, 0.1) is 24.2 Å². The van der Waals surface area contributed by atoms with Crippen molar-refractivity contribution >= 4 is 33.9 Å². The number of fused-ring (bicyclic) bond motifs is 2. The number of hydrogen-bond donors (Lipinski definition) is 2. The maximum Gasteiger partial charge on any atom is 0.255 e. The summed E-state index contributed by atoms with van der Waals surface area (Å²) in [5.74, 6) is -0.769. The van der Waals surface area contributed by atoms with Gasteiger partial charge in [-0.2, -0.15) is 10.4 Å². The molecule has 2 N–H and O–H groups in total. The summed E-state index contributed by atoms with van der Waals surface area (Å²) in [5, 5.41) is 17.2. The van der Waals surface area contributed by atoms with Crippen LogP contribution in [0.15, 0.2) is 30.6 Å². The Labute approximate surface area is 189 Å². The fraction of sp³-hybridized carbons (Fsp3) is 0.304.